The molecule has 0 aliphatic heterocycles. The second-order valence-corrected chi connectivity index (χ2v) is 5.87. The van der Waals surface area contributed by atoms with Crippen molar-refractivity contribution in [2.24, 2.45) is 0 Å². The molecule has 1 aliphatic rings. The molecule has 3 nitrogen and oxygen atoms in total. The van der Waals surface area contributed by atoms with E-state index in [0.29, 0.717) is 6.54 Å². The van der Waals surface area contributed by atoms with E-state index < -0.39 is 5.60 Å². The topological polar surface area (TPSA) is 40.5 Å². The number of carbonyl (C=O) groups excluding carboxylic acids is 1. The molecule has 1 aromatic rings. The average molecular weight is 273 g/mol. The fourth-order valence-corrected chi connectivity index (χ4v) is 2.68. The van der Waals surface area contributed by atoms with Crippen LogP contribution in [0.4, 0.5) is 0 Å². The van der Waals surface area contributed by atoms with Crippen molar-refractivity contribution in [1.29, 1.82) is 0 Å². The van der Waals surface area contributed by atoms with E-state index in [9.17, 15) is 9.90 Å². The minimum Gasteiger partial charge on any atom is -0.388 e. The summed E-state index contributed by atoms with van der Waals surface area (Å²) in [5, 5.41) is 10.3. The summed E-state index contributed by atoms with van der Waals surface area (Å²) in [4.78, 5) is 13.6. The fraction of sp³-hybridized carbons (Fsp3) is 0.471. The van der Waals surface area contributed by atoms with Gasteiger partial charge in [-0.15, -0.1) is 0 Å². The standard InChI is InChI=1S/C17H23NO2/c1-14-5-7-15(8-6-14)9-10-16(19)18(2)13-17(20)11-3-4-12-17/h5-10,20H,3-4,11-13H2,1-2H3/b10-9+. The molecule has 0 unspecified atom stereocenters. The Kier molecular flexibility index (Phi) is 4.61. The number of hydrogen-bond acceptors (Lipinski definition) is 2. The zero-order valence-electron chi connectivity index (χ0n) is 12.3. The largest absolute Gasteiger partial charge is 0.388 e. The summed E-state index contributed by atoms with van der Waals surface area (Å²) in [5.74, 6) is -0.0640. The van der Waals surface area contributed by atoms with E-state index in [1.54, 1.807) is 18.0 Å². The molecular formula is C17H23NO2. The number of carbonyl (C=O) groups is 1. The molecule has 108 valence electrons. The molecule has 1 amide bonds. The molecule has 20 heavy (non-hydrogen) atoms. The summed E-state index contributed by atoms with van der Waals surface area (Å²) in [6.45, 7) is 2.46. The second kappa shape index (κ2) is 6.23. The van der Waals surface area contributed by atoms with E-state index in [4.69, 9.17) is 0 Å². The Morgan fingerprint density at radius 1 is 1.30 bits per heavy atom. The maximum absolute atomic E-state index is 12.0. The van der Waals surface area contributed by atoms with E-state index in [2.05, 4.69) is 0 Å². The van der Waals surface area contributed by atoms with Crippen LogP contribution in [0.5, 0.6) is 0 Å². The van der Waals surface area contributed by atoms with E-state index >= 15 is 0 Å². The van der Waals surface area contributed by atoms with Crippen LogP contribution in [0.25, 0.3) is 6.08 Å². The van der Waals surface area contributed by atoms with Crippen molar-refractivity contribution in [3.8, 4) is 0 Å². The van der Waals surface area contributed by atoms with Crippen LogP contribution < -0.4 is 0 Å². The highest BCUT2D eigenvalue weighted by Crippen LogP contribution is 2.29. The van der Waals surface area contributed by atoms with Gasteiger partial charge >= 0.3 is 0 Å². The van der Waals surface area contributed by atoms with Crippen molar-refractivity contribution in [3.63, 3.8) is 0 Å². The van der Waals surface area contributed by atoms with E-state index in [-0.39, 0.29) is 5.91 Å². The first-order valence-corrected chi connectivity index (χ1v) is 7.21. The van der Waals surface area contributed by atoms with Gasteiger partial charge in [-0.3, -0.25) is 4.79 Å². The van der Waals surface area contributed by atoms with Gasteiger partial charge in [0.25, 0.3) is 0 Å². The highest BCUT2D eigenvalue weighted by Gasteiger charge is 2.32. The predicted octanol–water partition coefficient (Wildman–Crippen LogP) is 2.77. The van der Waals surface area contributed by atoms with Crippen molar-refractivity contribution in [2.75, 3.05) is 13.6 Å². The molecule has 1 N–H and O–H groups in total. The highest BCUT2D eigenvalue weighted by atomic mass is 16.3. The van der Waals surface area contributed by atoms with E-state index in [1.165, 1.54) is 5.56 Å². The summed E-state index contributed by atoms with van der Waals surface area (Å²) in [5.41, 5.74) is 1.54. The molecule has 0 bridgehead atoms. The number of likely N-dealkylation sites (N-methyl/N-ethyl adjacent to an activating group) is 1. The molecular weight excluding hydrogens is 250 g/mol. The molecule has 0 heterocycles. The SMILES string of the molecule is Cc1ccc(/C=C/C(=O)N(C)CC2(O)CCCC2)cc1. The van der Waals surface area contributed by atoms with E-state index in [0.717, 1.165) is 31.2 Å². The number of nitrogens with zero attached hydrogens (tertiary/aromatic N) is 1. The van der Waals surface area contributed by atoms with Gasteiger partial charge < -0.3 is 10.0 Å². The molecule has 2 rings (SSSR count). The van der Waals surface area contributed by atoms with Crippen molar-refractivity contribution in [2.45, 2.75) is 38.2 Å². The van der Waals surface area contributed by atoms with Crippen LogP contribution >= 0.6 is 0 Å². The zero-order valence-corrected chi connectivity index (χ0v) is 12.3. The van der Waals surface area contributed by atoms with Gasteiger partial charge in [-0.05, 0) is 31.4 Å². The number of amides is 1. The van der Waals surface area contributed by atoms with Gasteiger partial charge in [-0.2, -0.15) is 0 Å². The van der Waals surface area contributed by atoms with Crippen molar-refractivity contribution in [1.82, 2.24) is 4.90 Å². The van der Waals surface area contributed by atoms with Crippen LogP contribution in [0.1, 0.15) is 36.8 Å². The first-order valence-electron chi connectivity index (χ1n) is 7.21. The third kappa shape index (κ3) is 3.94. The zero-order chi connectivity index (χ0) is 14.6. The van der Waals surface area contributed by atoms with Crippen molar-refractivity contribution in [3.05, 3.63) is 41.5 Å². The van der Waals surface area contributed by atoms with Crippen molar-refractivity contribution >= 4 is 12.0 Å². The average Bonchev–Trinajstić information content (AvgIpc) is 2.84. The number of hydrogen-bond donors (Lipinski definition) is 1. The number of aryl methyl sites for hydroxylation is 1. The predicted molar refractivity (Wildman–Crippen MR) is 81.3 cm³/mol. The lowest BCUT2D eigenvalue weighted by molar-refractivity contribution is -0.127. The smallest absolute Gasteiger partial charge is 0.246 e. The van der Waals surface area contributed by atoms with Crippen LogP contribution in [0, 0.1) is 6.92 Å². The lowest BCUT2D eigenvalue weighted by atomic mass is 10.0. The summed E-state index contributed by atoms with van der Waals surface area (Å²) in [7, 11) is 1.75. The van der Waals surface area contributed by atoms with Gasteiger partial charge in [0.1, 0.15) is 0 Å². The lowest BCUT2D eigenvalue weighted by Gasteiger charge is -2.27. The Labute approximate surface area is 120 Å². The Morgan fingerprint density at radius 3 is 2.50 bits per heavy atom. The third-order valence-corrected chi connectivity index (χ3v) is 3.94. The molecule has 1 saturated carbocycles. The molecule has 0 atom stereocenters. The minimum absolute atomic E-state index is 0.0640. The maximum atomic E-state index is 12.0. The van der Waals surface area contributed by atoms with E-state index in [1.807, 2.05) is 37.3 Å². The molecule has 1 aliphatic carbocycles. The molecule has 1 fully saturated rings. The Hall–Kier alpha value is -1.61. The van der Waals surface area contributed by atoms with Crippen LogP contribution in [0.2, 0.25) is 0 Å². The fourth-order valence-electron chi connectivity index (χ4n) is 2.68. The number of benzene rings is 1. The number of aliphatic hydroxyl groups is 1. The maximum Gasteiger partial charge on any atom is 0.246 e. The highest BCUT2D eigenvalue weighted by molar-refractivity contribution is 5.91. The molecule has 0 aromatic heterocycles. The minimum atomic E-state index is -0.678. The number of rotatable bonds is 4. The van der Waals surface area contributed by atoms with Gasteiger partial charge in [0.2, 0.25) is 5.91 Å². The summed E-state index contributed by atoms with van der Waals surface area (Å²) in [6.07, 6.45) is 7.09. The van der Waals surface area contributed by atoms with Gasteiger partial charge in [0.15, 0.2) is 0 Å². The van der Waals surface area contributed by atoms with Gasteiger partial charge in [-0.1, -0.05) is 42.7 Å². The lowest BCUT2D eigenvalue weighted by Crippen LogP contribution is -2.41. The molecule has 1 aromatic carbocycles. The first kappa shape index (κ1) is 14.8. The monoisotopic (exact) mass is 273 g/mol. The molecule has 0 saturated heterocycles. The quantitative estimate of drug-likeness (QED) is 0.857. The molecule has 0 spiro atoms. The first-order chi connectivity index (χ1) is 9.48. The summed E-state index contributed by atoms with van der Waals surface area (Å²) >= 11 is 0. The summed E-state index contributed by atoms with van der Waals surface area (Å²) in [6, 6.07) is 8.03. The molecule has 3 heteroatoms. The molecule has 0 radical (unpaired) electrons. The normalized spacial score (nSPS) is 17.6. The second-order valence-electron chi connectivity index (χ2n) is 5.87. The van der Waals surface area contributed by atoms with Gasteiger partial charge in [0, 0.05) is 19.7 Å². The van der Waals surface area contributed by atoms with Crippen molar-refractivity contribution < 1.29 is 9.90 Å². The summed E-state index contributed by atoms with van der Waals surface area (Å²) < 4.78 is 0. The van der Waals surface area contributed by atoms with Crippen LogP contribution in [0.15, 0.2) is 30.3 Å². The van der Waals surface area contributed by atoms with Crippen LogP contribution in [-0.4, -0.2) is 35.1 Å². The van der Waals surface area contributed by atoms with Crippen LogP contribution in [0.3, 0.4) is 0 Å². The van der Waals surface area contributed by atoms with Gasteiger partial charge in [-0.25, -0.2) is 0 Å². The van der Waals surface area contributed by atoms with Gasteiger partial charge in [0.05, 0.1) is 5.60 Å². The van der Waals surface area contributed by atoms with Crippen LogP contribution in [-0.2, 0) is 4.79 Å². The Balaban J connectivity index is 1.92. The Morgan fingerprint density at radius 2 is 1.90 bits per heavy atom. The Bertz CT molecular complexity index is 484. The third-order valence-electron chi connectivity index (χ3n) is 3.94.